The summed E-state index contributed by atoms with van der Waals surface area (Å²) in [6.07, 6.45) is 5.62. The Hall–Kier alpha value is -0.0800. The molecule has 0 saturated heterocycles. The Labute approximate surface area is 95.4 Å². The van der Waals surface area contributed by atoms with Crippen molar-refractivity contribution in [1.82, 2.24) is 10.2 Å². The molecular formula is C13H28N2. The third-order valence-corrected chi connectivity index (χ3v) is 3.89. The normalized spacial score (nSPS) is 27.6. The maximum absolute atomic E-state index is 3.50. The first kappa shape index (κ1) is 13.0. The van der Waals surface area contributed by atoms with Crippen LogP contribution in [0.5, 0.6) is 0 Å². The van der Waals surface area contributed by atoms with E-state index in [4.69, 9.17) is 0 Å². The molecule has 0 aromatic heterocycles. The molecular weight excluding hydrogens is 184 g/mol. The highest BCUT2D eigenvalue weighted by Gasteiger charge is 2.25. The summed E-state index contributed by atoms with van der Waals surface area (Å²) in [4.78, 5) is 2.60. The molecule has 0 aromatic rings. The van der Waals surface area contributed by atoms with Crippen molar-refractivity contribution in [3.63, 3.8) is 0 Å². The molecule has 0 amide bonds. The zero-order valence-corrected chi connectivity index (χ0v) is 10.9. The van der Waals surface area contributed by atoms with E-state index in [1.807, 2.05) is 0 Å². The van der Waals surface area contributed by atoms with Crippen molar-refractivity contribution in [2.45, 2.75) is 58.5 Å². The van der Waals surface area contributed by atoms with E-state index >= 15 is 0 Å². The van der Waals surface area contributed by atoms with Gasteiger partial charge in [-0.05, 0) is 46.2 Å². The smallest absolute Gasteiger partial charge is 0.0104 e. The van der Waals surface area contributed by atoms with Gasteiger partial charge in [-0.3, -0.25) is 0 Å². The lowest BCUT2D eigenvalue weighted by molar-refractivity contribution is 0.150. The van der Waals surface area contributed by atoms with Gasteiger partial charge in [-0.25, -0.2) is 0 Å². The lowest BCUT2D eigenvalue weighted by atomic mass is 9.84. The predicted molar refractivity (Wildman–Crippen MR) is 67.2 cm³/mol. The van der Waals surface area contributed by atoms with Gasteiger partial charge in [0.1, 0.15) is 0 Å². The van der Waals surface area contributed by atoms with Crippen molar-refractivity contribution < 1.29 is 0 Å². The van der Waals surface area contributed by atoms with E-state index in [0.717, 1.165) is 12.0 Å². The van der Waals surface area contributed by atoms with Crippen LogP contribution in [-0.4, -0.2) is 37.1 Å². The topological polar surface area (TPSA) is 15.3 Å². The molecule has 0 aromatic carbocycles. The lowest BCUT2D eigenvalue weighted by Crippen LogP contribution is -2.44. The molecule has 0 aliphatic heterocycles. The third kappa shape index (κ3) is 3.76. The highest BCUT2D eigenvalue weighted by molar-refractivity contribution is 4.82. The Bertz CT molecular complexity index is 168. The molecule has 90 valence electrons. The molecule has 1 aliphatic carbocycles. The fourth-order valence-electron chi connectivity index (χ4n) is 2.81. The Balaban J connectivity index is 2.46. The summed E-state index contributed by atoms with van der Waals surface area (Å²) < 4.78 is 0. The highest BCUT2D eigenvalue weighted by Crippen LogP contribution is 2.25. The van der Waals surface area contributed by atoms with Gasteiger partial charge in [-0.15, -0.1) is 0 Å². The van der Waals surface area contributed by atoms with Crippen molar-refractivity contribution in [3.05, 3.63) is 0 Å². The summed E-state index contributed by atoms with van der Waals surface area (Å²) >= 11 is 0. The van der Waals surface area contributed by atoms with Crippen LogP contribution in [0.15, 0.2) is 0 Å². The van der Waals surface area contributed by atoms with E-state index in [0.29, 0.717) is 6.04 Å². The average Bonchev–Trinajstić information content (AvgIpc) is 2.25. The van der Waals surface area contributed by atoms with E-state index in [1.54, 1.807) is 0 Å². The zero-order chi connectivity index (χ0) is 11.3. The minimum atomic E-state index is 0.689. The van der Waals surface area contributed by atoms with Crippen molar-refractivity contribution in [2.75, 3.05) is 20.1 Å². The summed E-state index contributed by atoms with van der Waals surface area (Å²) in [5, 5.41) is 3.50. The molecule has 2 unspecified atom stereocenters. The standard InChI is InChI=1S/C13H28N2/c1-5-15(11(2)3)10-12-8-6-7-9-13(12)14-4/h11-14H,5-10H2,1-4H3. The Morgan fingerprint density at radius 2 is 1.93 bits per heavy atom. The fourth-order valence-corrected chi connectivity index (χ4v) is 2.81. The molecule has 0 radical (unpaired) electrons. The first-order valence-corrected chi connectivity index (χ1v) is 6.60. The van der Waals surface area contributed by atoms with Crippen LogP contribution < -0.4 is 5.32 Å². The monoisotopic (exact) mass is 212 g/mol. The van der Waals surface area contributed by atoms with Crippen LogP contribution in [0.1, 0.15) is 46.5 Å². The number of hydrogen-bond donors (Lipinski definition) is 1. The molecule has 0 heterocycles. The number of nitrogens with zero attached hydrogens (tertiary/aromatic N) is 1. The predicted octanol–water partition coefficient (Wildman–Crippen LogP) is 2.49. The second-order valence-electron chi connectivity index (χ2n) is 5.12. The molecule has 0 bridgehead atoms. The van der Waals surface area contributed by atoms with Crippen LogP contribution in [0.4, 0.5) is 0 Å². The van der Waals surface area contributed by atoms with Gasteiger partial charge in [-0.2, -0.15) is 0 Å². The quantitative estimate of drug-likeness (QED) is 0.753. The summed E-state index contributed by atoms with van der Waals surface area (Å²) in [5.41, 5.74) is 0. The number of hydrogen-bond acceptors (Lipinski definition) is 2. The summed E-state index contributed by atoms with van der Waals surface area (Å²) in [5.74, 6) is 0.867. The summed E-state index contributed by atoms with van der Waals surface area (Å²) in [6, 6.07) is 1.45. The van der Waals surface area contributed by atoms with E-state index in [1.165, 1.54) is 38.8 Å². The SMILES string of the molecule is CCN(CC1CCCCC1NC)C(C)C. The maximum atomic E-state index is 3.50. The maximum Gasteiger partial charge on any atom is 0.0104 e. The molecule has 2 heteroatoms. The van der Waals surface area contributed by atoms with E-state index in [9.17, 15) is 0 Å². The second-order valence-corrected chi connectivity index (χ2v) is 5.12. The second kappa shape index (κ2) is 6.49. The van der Waals surface area contributed by atoms with Gasteiger partial charge in [-0.1, -0.05) is 19.8 Å². The van der Waals surface area contributed by atoms with Crippen LogP contribution in [-0.2, 0) is 0 Å². The van der Waals surface area contributed by atoms with Crippen LogP contribution >= 0.6 is 0 Å². The van der Waals surface area contributed by atoms with Crippen molar-refractivity contribution in [3.8, 4) is 0 Å². The van der Waals surface area contributed by atoms with Gasteiger partial charge >= 0.3 is 0 Å². The van der Waals surface area contributed by atoms with Crippen molar-refractivity contribution in [1.29, 1.82) is 0 Å². The van der Waals surface area contributed by atoms with Gasteiger partial charge in [0.15, 0.2) is 0 Å². The summed E-state index contributed by atoms with van der Waals surface area (Å²) in [7, 11) is 2.12. The first-order valence-electron chi connectivity index (χ1n) is 6.60. The molecule has 2 nitrogen and oxygen atoms in total. The van der Waals surface area contributed by atoms with Crippen LogP contribution in [0.2, 0.25) is 0 Å². The van der Waals surface area contributed by atoms with E-state index < -0.39 is 0 Å². The van der Waals surface area contributed by atoms with Crippen molar-refractivity contribution >= 4 is 0 Å². The Morgan fingerprint density at radius 3 is 2.47 bits per heavy atom. The molecule has 0 spiro atoms. The van der Waals surface area contributed by atoms with Gasteiger partial charge in [0.25, 0.3) is 0 Å². The van der Waals surface area contributed by atoms with Gasteiger partial charge in [0, 0.05) is 18.6 Å². The molecule has 1 aliphatic rings. The molecule has 1 N–H and O–H groups in total. The van der Waals surface area contributed by atoms with E-state index in [-0.39, 0.29) is 0 Å². The number of rotatable bonds is 5. The van der Waals surface area contributed by atoms with Gasteiger partial charge < -0.3 is 10.2 Å². The average molecular weight is 212 g/mol. The molecule has 1 fully saturated rings. The minimum absolute atomic E-state index is 0.689. The molecule has 1 saturated carbocycles. The van der Waals surface area contributed by atoms with E-state index in [2.05, 4.69) is 38.0 Å². The Morgan fingerprint density at radius 1 is 1.27 bits per heavy atom. The highest BCUT2D eigenvalue weighted by atomic mass is 15.1. The largest absolute Gasteiger partial charge is 0.317 e. The first-order chi connectivity index (χ1) is 7.19. The van der Waals surface area contributed by atoms with Gasteiger partial charge in [0.05, 0.1) is 0 Å². The van der Waals surface area contributed by atoms with Crippen molar-refractivity contribution in [2.24, 2.45) is 5.92 Å². The lowest BCUT2D eigenvalue weighted by Gasteiger charge is -2.36. The fraction of sp³-hybridized carbons (Fsp3) is 1.00. The zero-order valence-electron chi connectivity index (χ0n) is 10.9. The van der Waals surface area contributed by atoms with Gasteiger partial charge in [0.2, 0.25) is 0 Å². The Kier molecular flexibility index (Phi) is 5.62. The summed E-state index contributed by atoms with van der Waals surface area (Å²) in [6.45, 7) is 9.35. The molecule has 2 atom stereocenters. The van der Waals surface area contributed by atoms with Crippen LogP contribution in [0.25, 0.3) is 0 Å². The van der Waals surface area contributed by atoms with Crippen LogP contribution in [0.3, 0.4) is 0 Å². The number of nitrogens with one attached hydrogen (secondary N) is 1. The molecule has 1 rings (SSSR count). The third-order valence-electron chi connectivity index (χ3n) is 3.89. The molecule has 15 heavy (non-hydrogen) atoms. The van der Waals surface area contributed by atoms with Crippen LogP contribution in [0, 0.1) is 5.92 Å². The minimum Gasteiger partial charge on any atom is -0.317 e.